The number of carbonyl (C=O) groups is 6. The van der Waals surface area contributed by atoms with Gasteiger partial charge in [0.2, 0.25) is 17.6 Å². The fourth-order valence-corrected chi connectivity index (χ4v) is 7.00. The molecule has 264 valence electrons. The van der Waals surface area contributed by atoms with E-state index in [9.17, 15) is 28.8 Å². The summed E-state index contributed by atoms with van der Waals surface area (Å²) < 4.78 is 10.7. The first kappa shape index (κ1) is 38.0. The number of hydrogen-bond acceptors (Lipinski definition) is 8. The molecule has 3 fully saturated rings. The number of esters is 1. The number of ether oxygens (including phenoxy) is 2. The number of nitrogens with zero attached hydrogens (tertiary/aromatic N) is 1. The van der Waals surface area contributed by atoms with Gasteiger partial charge in [-0.05, 0) is 90.4 Å². The maximum atomic E-state index is 14.3. The lowest BCUT2D eigenvalue weighted by molar-refractivity contribution is -0.154. The van der Waals surface area contributed by atoms with Crippen molar-refractivity contribution in [1.29, 1.82) is 0 Å². The Bertz CT molecular complexity index is 1210. The second-order valence-electron chi connectivity index (χ2n) is 15.8. The van der Waals surface area contributed by atoms with Crippen LogP contribution < -0.4 is 16.0 Å². The average Bonchev–Trinajstić information content (AvgIpc) is 3.26. The van der Waals surface area contributed by atoms with Crippen LogP contribution in [0.5, 0.6) is 0 Å². The number of amides is 4. The Hall–Kier alpha value is -3.44. The van der Waals surface area contributed by atoms with Crippen molar-refractivity contribution in [2.75, 3.05) is 13.1 Å². The third-order valence-corrected chi connectivity index (χ3v) is 9.37. The summed E-state index contributed by atoms with van der Waals surface area (Å²) in [6.07, 6.45) is 5.79. The fraction of sp³-hybridized carbons (Fsp3) is 0.771. The summed E-state index contributed by atoms with van der Waals surface area (Å²) >= 11 is 0. The minimum Gasteiger partial charge on any atom is -0.460 e. The first-order valence-electron chi connectivity index (χ1n) is 17.0. The lowest BCUT2D eigenvalue weighted by Gasteiger charge is -2.37. The van der Waals surface area contributed by atoms with Gasteiger partial charge in [-0.25, -0.2) is 4.79 Å². The van der Waals surface area contributed by atoms with E-state index >= 15 is 0 Å². The van der Waals surface area contributed by atoms with Gasteiger partial charge >= 0.3 is 12.1 Å². The van der Waals surface area contributed by atoms with Crippen molar-refractivity contribution in [2.24, 2.45) is 23.2 Å². The molecule has 47 heavy (non-hydrogen) atoms. The topological polar surface area (TPSA) is 160 Å². The molecule has 0 bridgehead atoms. The highest BCUT2D eigenvalue weighted by Gasteiger charge is 2.69. The summed E-state index contributed by atoms with van der Waals surface area (Å²) in [5, 5.41) is 8.07. The van der Waals surface area contributed by atoms with Gasteiger partial charge < -0.3 is 30.3 Å². The molecule has 1 saturated heterocycles. The van der Waals surface area contributed by atoms with Crippen molar-refractivity contribution < 1.29 is 38.2 Å². The highest BCUT2D eigenvalue weighted by Crippen LogP contribution is 2.65. The van der Waals surface area contributed by atoms with Crippen LogP contribution in [-0.2, 0) is 33.4 Å². The molecular formula is C35H56N4O8. The monoisotopic (exact) mass is 660 g/mol. The Morgan fingerprint density at radius 1 is 0.936 bits per heavy atom. The van der Waals surface area contributed by atoms with Gasteiger partial charge in [0.05, 0.1) is 12.5 Å². The number of likely N-dealkylation sites (tertiary alicyclic amines) is 1. The molecule has 12 nitrogen and oxygen atoms in total. The fourth-order valence-electron chi connectivity index (χ4n) is 7.00. The number of ketones is 1. The molecule has 1 aliphatic heterocycles. The van der Waals surface area contributed by atoms with Crippen LogP contribution in [0.1, 0.15) is 107 Å². The predicted molar refractivity (Wildman–Crippen MR) is 176 cm³/mol. The first-order chi connectivity index (χ1) is 21.8. The molecule has 3 rings (SSSR count). The van der Waals surface area contributed by atoms with Gasteiger partial charge in [-0.3, -0.25) is 24.0 Å². The molecule has 0 aromatic carbocycles. The lowest BCUT2D eigenvalue weighted by Crippen LogP contribution is -2.59. The molecule has 2 saturated carbocycles. The summed E-state index contributed by atoms with van der Waals surface area (Å²) in [7, 11) is 0. The number of alkyl carbamates (subject to hydrolysis) is 1. The third kappa shape index (κ3) is 10.3. The van der Waals surface area contributed by atoms with E-state index in [-0.39, 0.29) is 48.5 Å². The summed E-state index contributed by atoms with van der Waals surface area (Å²) in [5.74, 6) is -3.29. The minimum absolute atomic E-state index is 0.0780. The van der Waals surface area contributed by atoms with Crippen LogP contribution >= 0.6 is 0 Å². The molecule has 0 aromatic rings. The van der Waals surface area contributed by atoms with E-state index < -0.39 is 59.0 Å². The molecule has 2 aliphatic carbocycles. The van der Waals surface area contributed by atoms with Gasteiger partial charge in [0.1, 0.15) is 23.3 Å². The van der Waals surface area contributed by atoms with E-state index in [0.29, 0.717) is 13.0 Å². The molecular weight excluding hydrogens is 604 g/mol. The van der Waals surface area contributed by atoms with Crippen LogP contribution in [-0.4, -0.2) is 82.9 Å². The zero-order valence-corrected chi connectivity index (χ0v) is 29.5. The largest absolute Gasteiger partial charge is 0.460 e. The average molecular weight is 661 g/mol. The molecule has 12 heteroatoms. The maximum Gasteiger partial charge on any atom is 0.408 e. The van der Waals surface area contributed by atoms with Gasteiger partial charge in [0.15, 0.2) is 0 Å². The van der Waals surface area contributed by atoms with Crippen LogP contribution in [0.2, 0.25) is 0 Å². The number of rotatable bonds is 13. The van der Waals surface area contributed by atoms with Crippen molar-refractivity contribution >= 4 is 35.6 Å². The molecule has 0 aromatic heterocycles. The van der Waals surface area contributed by atoms with Crippen molar-refractivity contribution in [3.05, 3.63) is 12.7 Å². The standard InChI is InChI=1S/C35H56N4O8/c1-10-11-17-23(28(41)30(43)36-19-18-24(40)46-33(2,3)4)37-29(42)27-25-22(35(25,8)9)20-39(27)31(44)26(21-15-13-12-14-16-21)38-32(45)47-34(5,6)7/h10,21-23,25-27H,1,11-20H2,2-9H3,(H,36,43)(H,37,42)(H,38,45)/t22?,23?,25?,26-,27-/m0/s1. The van der Waals surface area contributed by atoms with Gasteiger partial charge in [0, 0.05) is 13.1 Å². The second kappa shape index (κ2) is 15.2. The molecule has 3 N–H and O–H groups in total. The van der Waals surface area contributed by atoms with Gasteiger partial charge in [-0.1, -0.05) is 39.2 Å². The Kier molecular flexibility index (Phi) is 12.3. The second-order valence-corrected chi connectivity index (χ2v) is 15.8. The van der Waals surface area contributed by atoms with Gasteiger partial charge in [-0.2, -0.15) is 0 Å². The smallest absolute Gasteiger partial charge is 0.408 e. The van der Waals surface area contributed by atoms with Crippen molar-refractivity contribution in [3.8, 4) is 0 Å². The van der Waals surface area contributed by atoms with Gasteiger partial charge in [0.25, 0.3) is 5.91 Å². The quantitative estimate of drug-likeness (QED) is 0.153. The van der Waals surface area contributed by atoms with Crippen LogP contribution in [0.4, 0.5) is 4.79 Å². The number of fused-ring (bicyclic) bond motifs is 1. The SMILES string of the molecule is C=CCCC(NC(=O)[C@@H]1C2C(CN1C(=O)[C@@H](NC(=O)OC(C)(C)C)C1CCCCC1)C2(C)C)C(=O)C(=O)NCCC(=O)OC(C)(C)C. The number of allylic oxidation sites excluding steroid dienone is 1. The van der Waals surface area contributed by atoms with Crippen LogP contribution in [0.25, 0.3) is 0 Å². The molecule has 3 unspecified atom stereocenters. The van der Waals surface area contributed by atoms with E-state index in [1.165, 1.54) is 0 Å². The van der Waals surface area contributed by atoms with Crippen molar-refractivity contribution in [1.82, 2.24) is 20.9 Å². The number of Topliss-reactive ketones (excluding diaryl/α,β-unsaturated/α-hetero) is 1. The Morgan fingerprint density at radius 3 is 2.13 bits per heavy atom. The molecule has 3 aliphatic rings. The summed E-state index contributed by atoms with van der Waals surface area (Å²) in [6, 6.07) is -2.88. The summed E-state index contributed by atoms with van der Waals surface area (Å²) in [5.41, 5.74) is -1.62. The lowest BCUT2D eigenvalue weighted by atomic mass is 9.83. The van der Waals surface area contributed by atoms with Crippen LogP contribution in [0.15, 0.2) is 12.7 Å². The number of carbonyl (C=O) groups excluding carboxylic acids is 6. The molecule has 0 radical (unpaired) electrons. The predicted octanol–water partition coefficient (Wildman–Crippen LogP) is 3.81. The van der Waals surface area contributed by atoms with Crippen LogP contribution in [0, 0.1) is 23.2 Å². The number of hydrogen-bond donors (Lipinski definition) is 3. The van der Waals surface area contributed by atoms with E-state index in [2.05, 4.69) is 36.4 Å². The van der Waals surface area contributed by atoms with E-state index in [0.717, 1.165) is 32.1 Å². The van der Waals surface area contributed by atoms with Crippen molar-refractivity contribution in [3.63, 3.8) is 0 Å². The normalized spacial score (nSPS) is 23.4. The Morgan fingerprint density at radius 2 is 1.55 bits per heavy atom. The minimum atomic E-state index is -1.16. The highest BCUT2D eigenvalue weighted by atomic mass is 16.6. The molecule has 1 heterocycles. The first-order valence-corrected chi connectivity index (χ1v) is 17.0. The zero-order valence-electron chi connectivity index (χ0n) is 29.5. The summed E-state index contributed by atoms with van der Waals surface area (Å²) in [6.45, 7) is 18.5. The highest BCUT2D eigenvalue weighted by molar-refractivity contribution is 6.38. The molecule has 4 amide bonds. The Labute approximate surface area is 279 Å². The molecule has 0 spiro atoms. The molecule has 5 atom stereocenters. The van der Waals surface area contributed by atoms with Gasteiger partial charge in [-0.15, -0.1) is 6.58 Å². The maximum absolute atomic E-state index is 14.3. The van der Waals surface area contributed by atoms with E-state index in [1.807, 2.05) is 0 Å². The van der Waals surface area contributed by atoms with Crippen molar-refractivity contribution in [2.45, 2.75) is 136 Å². The summed E-state index contributed by atoms with van der Waals surface area (Å²) in [4.78, 5) is 80.9. The Balaban J connectivity index is 1.77. The van der Waals surface area contributed by atoms with E-state index in [1.54, 1.807) is 52.5 Å². The van der Waals surface area contributed by atoms with E-state index in [4.69, 9.17) is 9.47 Å². The number of piperidine rings is 1. The number of nitrogens with one attached hydrogen (secondary N) is 3. The third-order valence-electron chi connectivity index (χ3n) is 9.37. The van der Waals surface area contributed by atoms with Crippen LogP contribution in [0.3, 0.4) is 0 Å². The zero-order chi connectivity index (χ0) is 35.3.